The van der Waals surface area contributed by atoms with Gasteiger partial charge in [0.25, 0.3) is 0 Å². The number of carbonyl (C=O) groups is 1. The van der Waals surface area contributed by atoms with E-state index in [4.69, 9.17) is 5.11 Å². The van der Waals surface area contributed by atoms with Crippen LogP contribution in [0.1, 0.15) is 43.7 Å². The van der Waals surface area contributed by atoms with Gasteiger partial charge in [-0.1, -0.05) is 31.2 Å². The van der Waals surface area contributed by atoms with E-state index in [1.54, 1.807) is 4.90 Å². The molecule has 0 radical (unpaired) electrons. The van der Waals surface area contributed by atoms with Crippen LogP contribution in [0.25, 0.3) is 0 Å². The van der Waals surface area contributed by atoms with Gasteiger partial charge in [0.1, 0.15) is 0 Å². The van der Waals surface area contributed by atoms with Crippen molar-refractivity contribution >= 4 is 6.03 Å². The van der Waals surface area contributed by atoms with E-state index in [2.05, 4.69) is 35.3 Å². The zero-order valence-electron chi connectivity index (χ0n) is 15.3. The molecule has 25 heavy (non-hydrogen) atoms. The summed E-state index contributed by atoms with van der Waals surface area (Å²) in [6, 6.07) is 8.66. The number of benzene rings is 1. The fraction of sp³-hybridized carbons (Fsp3) is 0.650. The summed E-state index contributed by atoms with van der Waals surface area (Å²) in [6.07, 6.45) is 4.65. The van der Waals surface area contributed by atoms with E-state index in [1.807, 2.05) is 6.07 Å². The number of hydrogen-bond donors (Lipinski definition) is 2. The summed E-state index contributed by atoms with van der Waals surface area (Å²) in [5.74, 6) is 0.839. The smallest absolute Gasteiger partial charge is 0.317 e. The predicted octanol–water partition coefficient (Wildman–Crippen LogP) is 2.58. The van der Waals surface area contributed by atoms with Gasteiger partial charge in [0.2, 0.25) is 0 Å². The molecule has 5 heteroatoms. The minimum absolute atomic E-state index is 0.0217. The van der Waals surface area contributed by atoms with Gasteiger partial charge < -0.3 is 15.3 Å². The number of piperidine rings is 1. The molecule has 0 bridgehead atoms. The molecule has 2 N–H and O–H groups in total. The highest BCUT2D eigenvalue weighted by Crippen LogP contribution is 2.26. The molecule has 1 saturated carbocycles. The van der Waals surface area contributed by atoms with Gasteiger partial charge in [0, 0.05) is 25.7 Å². The highest BCUT2D eigenvalue weighted by atomic mass is 16.3. The Hall–Kier alpha value is -1.59. The summed E-state index contributed by atoms with van der Waals surface area (Å²) < 4.78 is 0. The normalized spacial score (nSPS) is 19.0. The largest absolute Gasteiger partial charge is 0.395 e. The van der Waals surface area contributed by atoms with E-state index in [-0.39, 0.29) is 12.6 Å². The van der Waals surface area contributed by atoms with E-state index in [9.17, 15) is 4.79 Å². The summed E-state index contributed by atoms with van der Waals surface area (Å²) >= 11 is 0. The third-order valence-corrected chi connectivity index (χ3v) is 5.41. The standard InChI is InChI=1S/C20H31N3O2/c1-16-8-10-22(11-9-16)15-18-5-3-2-4-17(18)14-21-20(25)23(12-13-24)19-6-7-19/h2-5,16,19,24H,6-15H2,1H3,(H,21,25). The molecule has 1 saturated heterocycles. The van der Waals surface area contributed by atoms with Gasteiger partial charge in [0.15, 0.2) is 0 Å². The fourth-order valence-electron chi connectivity index (χ4n) is 3.56. The Morgan fingerprint density at radius 1 is 1.20 bits per heavy atom. The van der Waals surface area contributed by atoms with Gasteiger partial charge in [-0.15, -0.1) is 0 Å². The number of nitrogens with one attached hydrogen (secondary N) is 1. The lowest BCUT2D eigenvalue weighted by Gasteiger charge is -2.30. The molecule has 3 rings (SSSR count). The highest BCUT2D eigenvalue weighted by Gasteiger charge is 2.32. The third-order valence-electron chi connectivity index (χ3n) is 5.41. The second kappa shape index (κ2) is 8.68. The second-order valence-electron chi connectivity index (χ2n) is 7.53. The molecule has 0 aromatic heterocycles. The number of aliphatic hydroxyl groups is 1. The van der Waals surface area contributed by atoms with Gasteiger partial charge in [-0.25, -0.2) is 4.79 Å². The molecular weight excluding hydrogens is 314 g/mol. The van der Waals surface area contributed by atoms with Gasteiger partial charge in [-0.3, -0.25) is 4.90 Å². The van der Waals surface area contributed by atoms with Crippen molar-refractivity contribution in [3.63, 3.8) is 0 Å². The van der Waals surface area contributed by atoms with Gasteiger partial charge >= 0.3 is 6.03 Å². The monoisotopic (exact) mass is 345 g/mol. The minimum Gasteiger partial charge on any atom is -0.395 e. The maximum Gasteiger partial charge on any atom is 0.317 e. The summed E-state index contributed by atoms with van der Waals surface area (Å²) in [6.45, 7) is 6.61. The van der Waals surface area contributed by atoms with Crippen LogP contribution >= 0.6 is 0 Å². The summed E-state index contributed by atoms with van der Waals surface area (Å²) in [5, 5.41) is 12.2. The number of urea groups is 1. The molecule has 138 valence electrons. The van der Waals surface area contributed by atoms with Gasteiger partial charge in [-0.05, 0) is 55.8 Å². The number of amides is 2. The number of aliphatic hydroxyl groups excluding tert-OH is 1. The lowest BCUT2D eigenvalue weighted by Crippen LogP contribution is -2.42. The Bertz CT molecular complexity index is 566. The summed E-state index contributed by atoms with van der Waals surface area (Å²) in [5.41, 5.74) is 2.49. The molecule has 1 aromatic rings. The summed E-state index contributed by atoms with van der Waals surface area (Å²) in [4.78, 5) is 16.7. The Labute approximate surface area is 151 Å². The van der Waals surface area contributed by atoms with Crippen LogP contribution in [-0.2, 0) is 13.1 Å². The first-order valence-corrected chi connectivity index (χ1v) is 9.62. The predicted molar refractivity (Wildman–Crippen MR) is 99.2 cm³/mol. The maximum atomic E-state index is 12.4. The van der Waals surface area contributed by atoms with Crippen molar-refractivity contribution in [1.29, 1.82) is 0 Å². The van der Waals surface area contributed by atoms with Gasteiger partial charge in [0.05, 0.1) is 6.61 Å². The molecular formula is C20H31N3O2. The molecule has 2 fully saturated rings. The van der Waals surface area contributed by atoms with Crippen LogP contribution < -0.4 is 5.32 Å². The van der Waals surface area contributed by atoms with Crippen LogP contribution in [0.2, 0.25) is 0 Å². The first kappa shape index (κ1) is 18.2. The van der Waals surface area contributed by atoms with E-state index in [1.165, 1.54) is 24.0 Å². The van der Waals surface area contributed by atoms with Crippen LogP contribution in [0.4, 0.5) is 4.79 Å². The van der Waals surface area contributed by atoms with Crippen LogP contribution in [0.15, 0.2) is 24.3 Å². The van der Waals surface area contributed by atoms with Crippen molar-refractivity contribution in [2.24, 2.45) is 5.92 Å². The Kier molecular flexibility index (Phi) is 6.32. The van der Waals surface area contributed by atoms with Crippen LogP contribution in [0.3, 0.4) is 0 Å². The molecule has 5 nitrogen and oxygen atoms in total. The lowest BCUT2D eigenvalue weighted by atomic mass is 9.98. The molecule has 1 aliphatic heterocycles. The zero-order valence-corrected chi connectivity index (χ0v) is 15.3. The van der Waals surface area contributed by atoms with Crippen LogP contribution in [0.5, 0.6) is 0 Å². The zero-order chi connectivity index (χ0) is 17.6. The van der Waals surface area contributed by atoms with Gasteiger partial charge in [-0.2, -0.15) is 0 Å². The molecule has 0 spiro atoms. The molecule has 2 amide bonds. The molecule has 0 atom stereocenters. The summed E-state index contributed by atoms with van der Waals surface area (Å²) in [7, 11) is 0. The lowest BCUT2D eigenvalue weighted by molar-refractivity contribution is 0.173. The number of rotatable bonds is 7. The fourth-order valence-corrected chi connectivity index (χ4v) is 3.56. The van der Waals surface area contributed by atoms with E-state index in [0.29, 0.717) is 19.1 Å². The van der Waals surface area contributed by atoms with Crippen molar-refractivity contribution < 1.29 is 9.90 Å². The number of carbonyl (C=O) groups excluding carboxylic acids is 1. The molecule has 0 unspecified atom stereocenters. The highest BCUT2D eigenvalue weighted by molar-refractivity contribution is 5.75. The van der Waals surface area contributed by atoms with Crippen molar-refractivity contribution in [3.05, 3.63) is 35.4 Å². The second-order valence-corrected chi connectivity index (χ2v) is 7.53. The molecule has 1 aliphatic carbocycles. The first-order chi connectivity index (χ1) is 12.2. The SMILES string of the molecule is CC1CCN(Cc2ccccc2CNC(=O)N(CCO)C2CC2)CC1. The van der Waals surface area contributed by atoms with E-state index in [0.717, 1.165) is 38.4 Å². The first-order valence-electron chi connectivity index (χ1n) is 9.62. The average Bonchev–Trinajstić information content (AvgIpc) is 3.45. The Morgan fingerprint density at radius 3 is 2.52 bits per heavy atom. The van der Waals surface area contributed by atoms with E-state index < -0.39 is 0 Å². The molecule has 1 aromatic carbocycles. The molecule has 1 heterocycles. The maximum absolute atomic E-state index is 12.4. The third kappa shape index (κ3) is 5.19. The van der Waals surface area contributed by atoms with Crippen molar-refractivity contribution in [3.8, 4) is 0 Å². The number of nitrogens with zero attached hydrogens (tertiary/aromatic N) is 2. The average molecular weight is 345 g/mol. The molecule has 2 aliphatic rings. The van der Waals surface area contributed by atoms with Crippen LogP contribution in [-0.4, -0.2) is 53.2 Å². The van der Waals surface area contributed by atoms with Crippen molar-refractivity contribution in [2.45, 2.75) is 51.7 Å². The Balaban J connectivity index is 1.56. The number of hydrogen-bond acceptors (Lipinski definition) is 3. The van der Waals surface area contributed by atoms with E-state index >= 15 is 0 Å². The van der Waals surface area contributed by atoms with Crippen LogP contribution in [0, 0.1) is 5.92 Å². The van der Waals surface area contributed by atoms with Crippen molar-refractivity contribution in [1.82, 2.24) is 15.1 Å². The Morgan fingerprint density at radius 2 is 1.88 bits per heavy atom. The topological polar surface area (TPSA) is 55.8 Å². The van der Waals surface area contributed by atoms with Crippen molar-refractivity contribution in [2.75, 3.05) is 26.2 Å². The number of likely N-dealkylation sites (tertiary alicyclic amines) is 1. The quantitative estimate of drug-likeness (QED) is 0.799. The minimum atomic E-state index is -0.0573.